The lowest BCUT2D eigenvalue weighted by Gasteiger charge is -2.15. The molecule has 0 amide bonds. The first-order valence-corrected chi connectivity index (χ1v) is 9.08. The van der Waals surface area contributed by atoms with Crippen LogP contribution in [0.3, 0.4) is 0 Å². The Hall–Kier alpha value is -3.22. The van der Waals surface area contributed by atoms with Gasteiger partial charge in [0.2, 0.25) is 0 Å². The molecule has 2 aromatic carbocycles. The van der Waals surface area contributed by atoms with E-state index in [0.29, 0.717) is 23.3 Å². The second-order valence-corrected chi connectivity index (χ2v) is 6.79. The van der Waals surface area contributed by atoms with E-state index in [1.54, 1.807) is 0 Å². The molecule has 0 heterocycles. The van der Waals surface area contributed by atoms with Crippen molar-refractivity contribution in [3.05, 3.63) is 70.3 Å². The number of benzene rings is 2. The number of allylic oxidation sites excluding steroid dienone is 3. The minimum Gasteiger partial charge on any atom is -0.507 e. The van der Waals surface area contributed by atoms with Gasteiger partial charge >= 0.3 is 6.18 Å². The van der Waals surface area contributed by atoms with Crippen LogP contribution in [0.5, 0.6) is 17.2 Å². The molecule has 0 atom stereocenters. The molecule has 4 nitrogen and oxygen atoms in total. The number of hydrogen-bond donors (Lipinski definition) is 1. The van der Waals surface area contributed by atoms with Crippen molar-refractivity contribution in [2.45, 2.75) is 26.4 Å². The molecule has 0 radical (unpaired) electrons. The third-order valence-electron chi connectivity index (χ3n) is 4.39. The highest BCUT2D eigenvalue weighted by atomic mass is 19.4. The maximum Gasteiger partial charge on any atom is 0.416 e. The number of phenolic OH excluding ortho intramolecular Hbond substituents is 1. The Balaban J connectivity index is 2.41. The van der Waals surface area contributed by atoms with Crippen molar-refractivity contribution in [1.29, 1.82) is 0 Å². The maximum absolute atomic E-state index is 12.8. The zero-order valence-electron chi connectivity index (χ0n) is 17.1. The summed E-state index contributed by atoms with van der Waals surface area (Å²) in [6, 6.07) is 5.92. The van der Waals surface area contributed by atoms with Crippen molar-refractivity contribution < 1.29 is 32.5 Å². The van der Waals surface area contributed by atoms with Crippen molar-refractivity contribution in [2.24, 2.45) is 0 Å². The van der Waals surface area contributed by atoms with Crippen LogP contribution in [0.2, 0.25) is 0 Å². The molecule has 30 heavy (non-hydrogen) atoms. The highest BCUT2D eigenvalue weighted by Gasteiger charge is 2.29. The third-order valence-corrected chi connectivity index (χ3v) is 4.39. The molecular weight excluding hydrogens is 397 g/mol. The molecule has 1 N–H and O–H groups in total. The number of ketones is 1. The minimum absolute atomic E-state index is 0.0429. The molecule has 0 saturated carbocycles. The Bertz CT molecular complexity index is 967. The highest BCUT2D eigenvalue weighted by Crippen LogP contribution is 2.39. The van der Waals surface area contributed by atoms with Crippen LogP contribution in [0.25, 0.3) is 6.08 Å². The standard InChI is InChI=1S/C23H23F3O4/c1-14(2)5-11-17-19(29-3)13-20(30-4)21(22(17)28)18(27)12-8-15-6-9-16(10-7-15)23(24,25)26/h5-10,12-13,28H,11H2,1-4H3/b12-8+. The van der Waals surface area contributed by atoms with Crippen LogP contribution in [0.1, 0.15) is 40.9 Å². The molecule has 2 aromatic rings. The van der Waals surface area contributed by atoms with E-state index in [4.69, 9.17) is 9.47 Å². The van der Waals surface area contributed by atoms with E-state index in [2.05, 4.69) is 0 Å². The zero-order valence-corrected chi connectivity index (χ0v) is 17.1. The molecule has 0 aliphatic rings. The van der Waals surface area contributed by atoms with Crippen molar-refractivity contribution in [3.8, 4) is 17.2 Å². The Kier molecular flexibility index (Phi) is 7.32. The van der Waals surface area contributed by atoms with Gasteiger partial charge in [-0.05, 0) is 44.0 Å². The number of ether oxygens (including phenoxy) is 2. The topological polar surface area (TPSA) is 55.8 Å². The fraction of sp³-hybridized carbons (Fsp3) is 0.261. The van der Waals surface area contributed by atoms with E-state index in [1.807, 2.05) is 19.9 Å². The predicted octanol–water partition coefficient (Wildman–Crippen LogP) is 5.83. The molecule has 0 aliphatic carbocycles. The molecule has 0 saturated heterocycles. The van der Waals surface area contributed by atoms with Gasteiger partial charge in [0.1, 0.15) is 22.8 Å². The van der Waals surface area contributed by atoms with E-state index in [0.717, 1.165) is 17.7 Å². The van der Waals surface area contributed by atoms with Crippen LogP contribution in [0.15, 0.2) is 48.1 Å². The summed E-state index contributed by atoms with van der Waals surface area (Å²) in [7, 11) is 2.81. The summed E-state index contributed by atoms with van der Waals surface area (Å²) in [5.74, 6) is -0.298. The number of carbonyl (C=O) groups excluding carboxylic acids is 1. The Morgan fingerprint density at radius 3 is 2.17 bits per heavy atom. The van der Waals surface area contributed by atoms with Gasteiger partial charge in [-0.1, -0.05) is 29.9 Å². The minimum atomic E-state index is -4.43. The zero-order chi connectivity index (χ0) is 22.5. The molecular formula is C23H23F3O4. The Morgan fingerprint density at radius 1 is 1.07 bits per heavy atom. The van der Waals surface area contributed by atoms with Crippen molar-refractivity contribution >= 4 is 11.9 Å². The smallest absolute Gasteiger partial charge is 0.416 e. The number of alkyl halides is 3. The summed E-state index contributed by atoms with van der Waals surface area (Å²) in [6.07, 6.45) is 0.362. The first-order valence-electron chi connectivity index (χ1n) is 9.08. The maximum atomic E-state index is 12.8. The van der Waals surface area contributed by atoms with Gasteiger partial charge in [-0.3, -0.25) is 4.79 Å². The van der Waals surface area contributed by atoms with Crippen molar-refractivity contribution in [1.82, 2.24) is 0 Å². The number of carbonyl (C=O) groups is 1. The number of methoxy groups -OCH3 is 2. The van der Waals surface area contributed by atoms with Gasteiger partial charge in [-0.25, -0.2) is 0 Å². The molecule has 0 aliphatic heterocycles. The molecule has 0 bridgehead atoms. The van der Waals surface area contributed by atoms with Crippen LogP contribution in [-0.2, 0) is 12.6 Å². The average Bonchev–Trinajstić information content (AvgIpc) is 2.69. The third kappa shape index (κ3) is 5.43. The predicted molar refractivity (Wildman–Crippen MR) is 109 cm³/mol. The van der Waals surface area contributed by atoms with E-state index < -0.39 is 17.5 Å². The second-order valence-electron chi connectivity index (χ2n) is 6.79. The molecule has 7 heteroatoms. The number of phenols is 1. The molecule has 0 spiro atoms. The largest absolute Gasteiger partial charge is 0.507 e. The fourth-order valence-electron chi connectivity index (χ4n) is 2.79. The van der Waals surface area contributed by atoms with Gasteiger partial charge in [0, 0.05) is 11.6 Å². The van der Waals surface area contributed by atoms with Crippen LogP contribution >= 0.6 is 0 Å². The molecule has 2 rings (SSSR count). The van der Waals surface area contributed by atoms with Crippen LogP contribution in [0, 0.1) is 0 Å². The monoisotopic (exact) mass is 420 g/mol. The summed E-state index contributed by atoms with van der Waals surface area (Å²) in [5, 5.41) is 10.8. The summed E-state index contributed by atoms with van der Waals surface area (Å²) >= 11 is 0. The van der Waals surface area contributed by atoms with Gasteiger partial charge < -0.3 is 14.6 Å². The Labute approximate surface area is 173 Å². The number of halogens is 3. The van der Waals surface area contributed by atoms with Crippen LogP contribution < -0.4 is 9.47 Å². The van der Waals surface area contributed by atoms with Gasteiger partial charge in [0.25, 0.3) is 0 Å². The lowest BCUT2D eigenvalue weighted by Crippen LogP contribution is -2.04. The molecule has 0 fully saturated rings. The van der Waals surface area contributed by atoms with E-state index in [1.165, 1.54) is 44.6 Å². The highest BCUT2D eigenvalue weighted by molar-refractivity contribution is 6.11. The Morgan fingerprint density at radius 2 is 1.67 bits per heavy atom. The van der Waals surface area contributed by atoms with Crippen molar-refractivity contribution in [3.63, 3.8) is 0 Å². The normalized spacial score (nSPS) is 11.4. The lowest BCUT2D eigenvalue weighted by molar-refractivity contribution is -0.137. The average molecular weight is 420 g/mol. The lowest BCUT2D eigenvalue weighted by atomic mass is 9.99. The van der Waals surface area contributed by atoms with Gasteiger partial charge in [0.15, 0.2) is 5.78 Å². The molecule has 0 aromatic heterocycles. The summed E-state index contributed by atoms with van der Waals surface area (Å²) in [4.78, 5) is 12.8. The fourth-order valence-corrected chi connectivity index (χ4v) is 2.79. The summed E-state index contributed by atoms with van der Waals surface area (Å²) in [6.45, 7) is 3.82. The number of hydrogen-bond acceptors (Lipinski definition) is 4. The summed E-state index contributed by atoms with van der Waals surface area (Å²) in [5.41, 5.74) is 1.06. The second kappa shape index (κ2) is 9.52. The van der Waals surface area contributed by atoms with E-state index >= 15 is 0 Å². The number of rotatable bonds is 7. The van der Waals surface area contributed by atoms with Gasteiger partial charge in [0.05, 0.1) is 19.8 Å². The van der Waals surface area contributed by atoms with Gasteiger partial charge in [-0.15, -0.1) is 0 Å². The quantitative estimate of drug-likeness (QED) is 0.348. The van der Waals surface area contributed by atoms with Crippen molar-refractivity contribution in [2.75, 3.05) is 14.2 Å². The summed E-state index contributed by atoms with van der Waals surface area (Å²) < 4.78 is 48.6. The molecule has 160 valence electrons. The van der Waals surface area contributed by atoms with E-state index in [-0.39, 0.29) is 17.1 Å². The molecule has 0 unspecified atom stereocenters. The van der Waals surface area contributed by atoms with Crippen LogP contribution in [-0.4, -0.2) is 25.1 Å². The SMILES string of the molecule is COc1cc(OC)c(C(=O)/C=C/c2ccc(C(F)(F)F)cc2)c(O)c1CC=C(C)C. The van der Waals surface area contributed by atoms with Crippen LogP contribution in [0.4, 0.5) is 13.2 Å². The van der Waals surface area contributed by atoms with Gasteiger partial charge in [-0.2, -0.15) is 13.2 Å². The number of aromatic hydroxyl groups is 1. The first kappa shape index (κ1) is 23.1. The first-order chi connectivity index (χ1) is 14.1. The van der Waals surface area contributed by atoms with E-state index in [9.17, 15) is 23.1 Å².